The highest BCUT2D eigenvalue weighted by Crippen LogP contribution is 2.24. The first-order chi connectivity index (χ1) is 12.4. The topological polar surface area (TPSA) is 105 Å². The first kappa shape index (κ1) is 16.3. The van der Waals surface area contributed by atoms with E-state index >= 15 is 0 Å². The van der Waals surface area contributed by atoms with Crippen LogP contribution in [0.4, 0.5) is 5.69 Å². The number of hydrogen-bond acceptors (Lipinski definition) is 5. The number of nitrogens with zero attached hydrogens (tertiary/aromatic N) is 4. The number of aromatic amines is 1. The van der Waals surface area contributed by atoms with Crippen LogP contribution in [0.5, 0.6) is 0 Å². The van der Waals surface area contributed by atoms with Crippen LogP contribution in [0.25, 0.3) is 17.0 Å². The molecule has 3 aromatic heterocycles. The van der Waals surface area contributed by atoms with Gasteiger partial charge in [0.15, 0.2) is 0 Å². The Kier molecular flexibility index (Phi) is 3.73. The number of benzene rings is 1. The van der Waals surface area contributed by atoms with Gasteiger partial charge >= 0.3 is 0 Å². The van der Waals surface area contributed by atoms with E-state index in [9.17, 15) is 8.42 Å². The molecule has 0 aliphatic carbocycles. The van der Waals surface area contributed by atoms with Gasteiger partial charge in [-0.15, -0.1) is 0 Å². The summed E-state index contributed by atoms with van der Waals surface area (Å²) in [6.07, 6.45) is 5.43. The average molecular weight is 368 g/mol. The molecule has 4 aromatic rings. The summed E-state index contributed by atoms with van der Waals surface area (Å²) in [5.41, 5.74) is 3.04. The molecule has 0 radical (unpaired) electrons. The van der Waals surface area contributed by atoms with Crippen LogP contribution in [0.15, 0.2) is 53.8 Å². The van der Waals surface area contributed by atoms with Crippen molar-refractivity contribution in [3.63, 3.8) is 0 Å². The molecular formula is C17H16N6O2S. The standard InChI is InChI=1S/C17H16N6O2S/c1-11-16(12(2)21-20-11)26(24,25)22-14-6-4-13(5-7-14)15-10-23-9-3-8-18-17(23)19-15/h3-10,22H,1-2H3,(H,20,21). The summed E-state index contributed by atoms with van der Waals surface area (Å²) >= 11 is 0. The quantitative estimate of drug-likeness (QED) is 0.576. The number of sulfonamides is 1. The zero-order chi connectivity index (χ0) is 18.3. The molecule has 0 aliphatic rings. The molecule has 3 heterocycles. The Balaban J connectivity index is 1.62. The molecule has 1 aromatic carbocycles. The largest absolute Gasteiger partial charge is 0.291 e. The van der Waals surface area contributed by atoms with Crippen molar-refractivity contribution in [1.82, 2.24) is 24.6 Å². The fourth-order valence-electron chi connectivity index (χ4n) is 2.82. The van der Waals surface area contributed by atoms with Crippen molar-refractivity contribution in [2.24, 2.45) is 0 Å². The second-order valence-electron chi connectivity index (χ2n) is 5.90. The lowest BCUT2D eigenvalue weighted by molar-refractivity contribution is 0.600. The van der Waals surface area contributed by atoms with E-state index in [1.165, 1.54) is 0 Å². The lowest BCUT2D eigenvalue weighted by Crippen LogP contribution is -2.14. The zero-order valence-electron chi connectivity index (χ0n) is 14.1. The van der Waals surface area contributed by atoms with Gasteiger partial charge in [-0.2, -0.15) is 5.10 Å². The van der Waals surface area contributed by atoms with Crippen molar-refractivity contribution in [3.05, 3.63) is 60.3 Å². The molecule has 9 heteroatoms. The average Bonchev–Trinajstić information content (AvgIpc) is 3.18. The molecule has 0 unspecified atom stereocenters. The van der Waals surface area contributed by atoms with E-state index in [0.717, 1.165) is 11.3 Å². The monoisotopic (exact) mass is 368 g/mol. The van der Waals surface area contributed by atoms with Gasteiger partial charge in [-0.3, -0.25) is 14.2 Å². The number of aryl methyl sites for hydroxylation is 2. The maximum Gasteiger partial charge on any atom is 0.265 e. The van der Waals surface area contributed by atoms with Crippen molar-refractivity contribution in [3.8, 4) is 11.3 Å². The minimum Gasteiger partial charge on any atom is -0.291 e. The molecule has 2 N–H and O–H groups in total. The Bertz CT molecular complexity index is 1140. The Morgan fingerprint density at radius 3 is 2.58 bits per heavy atom. The molecule has 8 nitrogen and oxygen atoms in total. The highest BCUT2D eigenvalue weighted by atomic mass is 32.2. The Morgan fingerprint density at radius 2 is 1.92 bits per heavy atom. The molecule has 132 valence electrons. The zero-order valence-corrected chi connectivity index (χ0v) is 14.9. The smallest absolute Gasteiger partial charge is 0.265 e. The lowest BCUT2D eigenvalue weighted by atomic mass is 10.1. The third-order valence-corrected chi connectivity index (χ3v) is 5.64. The van der Waals surface area contributed by atoms with Crippen molar-refractivity contribution < 1.29 is 8.42 Å². The fourth-order valence-corrected chi connectivity index (χ4v) is 4.25. The number of imidazole rings is 1. The van der Waals surface area contributed by atoms with Crippen LogP contribution in [0.2, 0.25) is 0 Å². The normalized spacial score (nSPS) is 11.8. The summed E-state index contributed by atoms with van der Waals surface area (Å²) in [6, 6.07) is 8.86. The van der Waals surface area contributed by atoms with E-state index in [1.54, 1.807) is 32.2 Å². The number of rotatable bonds is 4. The van der Waals surface area contributed by atoms with Crippen molar-refractivity contribution in [2.45, 2.75) is 18.7 Å². The molecule has 0 atom stereocenters. The van der Waals surface area contributed by atoms with E-state index in [1.807, 2.05) is 35.0 Å². The first-order valence-electron chi connectivity index (χ1n) is 7.88. The van der Waals surface area contributed by atoms with Crippen LogP contribution in [0, 0.1) is 13.8 Å². The van der Waals surface area contributed by atoms with Gasteiger partial charge in [-0.25, -0.2) is 18.4 Å². The van der Waals surface area contributed by atoms with Gasteiger partial charge < -0.3 is 0 Å². The van der Waals surface area contributed by atoms with Gasteiger partial charge in [-0.1, -0.05) is 12.1 Å². The summed E-state index contributed by atoms with van der Waals surface area (Å²) < 4.78 is 29.6. The van der Waals surface area contributed by atoms with E-state index in [2.05, 4.69) is 24.9 Å². The minimum atomic E-state index is -3.70. The van der Waals surface area contributed by atoms with Gasteiger partial charge in [0.1, 0.15) is 4.90 Å². The highest BCUT2D eigenvalue weighted by Gasteiger charge is 2.22. The predicted octanol–water partition coefficient (Wildman–Crippen LogP) is 2.54. The van der Waals surface area contributed by atoms with Crippen LogP contribution in [0.1, 0.15) is 11.4 Å². The van der Waals surface area contributed by atoms with Gasteiger partial charge in [0.25, 0.3) is 10.0 Å². The predicted molar refractivity (Wildman–Crippen MR) is 97.3 cm³/mol. The molecule has 0 spiro atoms. The van der Waals surface area contributed by atoms with Crippen LogP contribution in [0.3, 0.4) is 0 Å². The number of fused-ring (bicyclic) bond motifs is 1. The van der Waals surface area contributed by atoms with Crippen molar-refractivity contribution >= 4 is 21.5 Å². The molecule has 26 heavy (non-hydrogen) atoms. The summed E-state index contributed by atoms with van der Waals surface area (Å²) in [4.78, 5) is 8.82. The molecule has 4 rings (SSSR count). The first-order valence-corrected chi connectivity index (χ1v) is 9.37. The molecular weight excluding hydrogens is 352 g/mol. The third-order valence-electron chi connectivity index (χ3n) is 4.00. The van der Waals surface area contributed by atoms with E-state index in [4.69, 9.17) is 0 Å². The van der Waals surface area contributed by atoms with Crippen LogP contribution >= 0.6 is 0 Å². The Hall–Kier alpha value is -3.20. The lowest BCUT2D eigenvalue weighted by Gasteiger charge is -2.08. The van der Waals surface area contributed by atoms with E-state index < -0.39 is 10.0 Å². The Labute approximate surface area is 150 Å². The van der Waals surface area contributed by atoms with Gasteiger partial charge in [-0.05, 0) is 32.0 Å². The molecule has 0 aliphatic heterocycles. The molecule has 0 saturated heterocycles. The summed E-state index contributed by atoms with van der Waals surface area (Å²) in [7, 11) is -3.70. The van der Waals surface area contributed by atoms with Crippen molar-refractivity contribution in [1.29, 1.82) is 0 Å². The third kappa shape index (κ3) is 2.82. The molecule has 0 amide bonds. The fraction of sp³-hybridized carbons (Fsp3) is 0.118. The number of aromatic nitrogens is 5. The summed E-state index contributed by atoms with van der Waals surface area (Å²) in [5.74, 6) is 0.609. The number of anilines is 1. The van der Waals surface area contributed by atoms with Gasteiger partial charge in [0, 0.05) is 29.8 Å². The second-order valence-corrected chi connectivity index (χ2v) is 7.52. The molecule has 0 saturated carbocycles. The van der Waals surface area contributed by atoms with Crippen molar-refractivity contribution in [2.75, 3.05) is 4.72 Å². The second kappa shape index (κ2) is 5.95. The number of H-pyrrole nitrogens is 1. The number of hydrogen-bond donors (Lipinski definition) is 2. The van der Waals surface area contributed by atoms with Gasteiger partial charge in [0.05, 0.1) is 17.1 Å². The van der Waals surface area contributed by atoms with E-state index in [0.29, 0.717) is 22.9 Å². The van der Waals surface area contributed by atoms with Gasteiger partial charge in [0.2, 0.25) is 5.78 Å². The Morgan fingerprint density at radius 1 is 1.15 bits per heavy atom. The molecule has 0 fully saturated rings. The van der Waals surface area contributed by atoms with Crippen LogP contribution in [-0.4, -0.2) is 33.0 Å². The van der Waals surface area contributed by atoms with E-state index in [-0.39, 0.29) is 4.90 Å². The maximum absolute atomic E-state index is 12.6. The minimum absolute atomic E-state index is 0.174. The SMILES string of the molecule is Cc1n[nH]c(C)c1S(=O)(=O)Nc1ccc(-c2cn3cccnc3n2)cc1. The summed E-state index contributed by atoms with van der Waals surface area (Å²) in [5, 5.41) is 6.62. The molecule has 0 bridgehead atoms. The maximum atomic E-state index is 12.6. The number of nitrogens with one attached hydrogen (secondary N) is 2. The highest BCUT2D eigenvalue weighted by molar-refractivity contribution is 7.92. The van der Waals surface area contributed by atoms with Crippen LogP contribution in [-0.2, 0) is 10.0 Å². The van der Waals surface area contributed by atoms with Crippen LogP contribution < -0.4 is 4.72 Å². The summed E-state index contributed by atoms with van der Waals surface area (Å²) in [6.45, 7) is 3.33.